The van der Waals surface area contributed by atoms with Gasteiger partial charge in [0.15, 0.2) is 0 Å². The van der Waals surface area contributed by atoms with Crippen LogP contribution in [-0.2, 0) is 4.79 Å². The van der Waals surface area contributed by atoms with Gasteiger partial charge in [-0.1, -0.05) is 18.2 Å². The molecule has 0 bridgehead atoms. The van der Waals surface area contributed by atoms with E-state index < -0.39 is 12.1 Å². The van der Waals surface area contributed by atoms with Crippen molar-refractivity contribution < 1.29 is 22.7 Å². The first-order chi connectivity index (χ1) is 15.8. The lowest BCUT2D eigenvalue weighted by molar-refractivity contribution is -0.173. The summed E-state index contributed by atoms with van der Waals surface area (Å²) in [5.74, 6) is -0.455. The number of fused-ring (bicyclic) bond motifs is 1. The molecule has 0 spiro atoms. The Morgan fingerprint density at radius 3 is 2.58 bits per heavy atom. The summed E-state index contributed by atoms with van der Waals surface area (Å²) in [5, 5.41) is 4.14. The third kappa shape index (κ3) is 5.53. The van der Waals surface area contributed by atoms with Crippen LogP contribution < -0.4 is 15.0 Å². The topological polar surface area (TPSA) is 67.3 Å². The zero-order valence-corrected chi connectivity index (χ0v) is 18.2. The molecule has 33 heavy (non-hydrogen) atoms. The maximum atomic E-state index is 12.4. The van der Waals surface area contributed by atoms with Gasteiger partial charge in [-0.3, -0.25) is 4.79 Å². The highest BCUT2D eigenvalue weighted by Crippen LogP contribution is 2.28. The molecule has 9 heteroatoms. The monoisotopic (exact) mass is 458 g/mol. The molecule has 0 aliphatic carbocycles. The molecule has 3 aromatic rings. The number of carbonyl (C=O) groups excluding carboxylic acids is 1. The average molecular weight is 458 g/mol. The molecule has 174 valence electrons. The Kier molecular flexibility index (Phi) is 6.67. The molecule has 1 saturated heterocycles. The number of ether oxygens (including phenoxy) is 1. The van der Waals surface area contributed by atoms with Crippen LogP contribution in [-0.4, -0.2) is 48.3 Å². The molecule has 1 aliphatic heterocycles. The van der Waals surface area contributed by atoms with Crippen molar-refractivity contribution >= 4 is 22.6 Å². The van der Waals surface area contributed by atoms with E-state index in [0.717, 1.165) is 27.8 Å². The largest absolute Gasteiger partial charge is 0.494 e. The number of nitrogens with one attached hydrogen (secondary N) is 1. The van der Waals surface area contributed by atoms with Crippen LogP contribution in [0.1, 0.15) is 19.8 Å². The fourth-order valence-electron chi connectivity index (χ4n) is 3.98. The first-order valence-corrected chi connectivity index (χ1v) is 10.9. The summed E-state index contributed by atoms with van der Waals surface area (Å²) in [7, 11) is 0. The predicted molar refractivity (Wildman–Crippen MR) is 120 cm³/mol. The van der Waals surface area contributed by atoms with Gasteiger partial charge in [0.25, 0.3) is 0 Å². The van der Waals surface area contributed by atoms with Crippen molar-refractivity contribution in [1.82, 2.24) is 15.3 Å². The lowest BCUT2D eigenvalue weighted by Gasteiger charge is -2.32. The molecule has 1 amide bonds. The van der Waals surface area contributed by atoms with Crippen molar-refractivity contribution in [2.24, 2.45) is 5.92 Å². The fourth-order valence-corrected chi connectivity index (χ4v) is 3.98. The van der Waals surface area contributed by atoms with Gasteiger partial charge in [0.05, 0.1) is 12.3 Å². The normalized spacial score (nSPS) is 15.0. The van der Waals surface area contributed by atoms with E-state index in [0.29, 0.717) is 38.5 Å². The van der Waals surface area contributed by atoms with Gasteiger partial charge >= 0.3 is 12.1 Å². The molecule has 6 nitrogen and oxygen atoms in total. The van der Waals surface area contributed by atoms with Gasteiger partial charge in [-0.25, -0.2) is 9.97 Å². The number of rotatable bonds is 6. The second-order valence-electron chi connectivity index (χ2n) is 8.04. The molecule has 0 unspecified atom stereocenters. The summed E-state index contributed by atoms with van der Waals surface area (Å²) in [6.45, 7) is 3.83. The molecule has 2 heterocycles. The van der Waals surface area contributed by atoms with E-state index in [4.69, 9.17) is 9.72 Å². The van der Waals surface area contributed by atoms with Crippen LogP contribution in [0.15, 0.2) is 48.7 Å². The molecule has 1 aliphatic rings. The van der Waals surface area contributed by atoms with Crippen LogP contribution >= 0.6 is 0 Å². The minimum atomic E-state index is -4.84. The number of nitrogens with zero attached hydrogens (tertiary/aromatic N) is 3. The first kappa shape index (κ1) is 22.8. The van der Waals surface area contributed by atoms with E-state index in [-0.39, 0.29) is 12.5 Å². The molecule has 4 rings (SSSR count). The molecule has 0 saturated carbocycles. The van der Waals surface area contributed by atoms with E-state index in [2.05, 4.69) is 11.1 Å². The van der Waals surface area contributed by atoms with Crippen LogP contribution in [0.5, 0.6) is 5.75 Å². The number of alkyl halides is 3. The summed E-state index contributed by atoms with van der Waals surface area (Å²) < 4.78 is 42.6. The van der Waals surface area contributed by atoms with Gasteiger partial charge in [0.2, 0.25) is 5.95 Å². The fraction of sp³-hybridized carbons (Fsp3) is 0.375. The third-order valence-corrected chi connectivity index (χ3v) is 5.77. The summed E-state index contributed by atoms with van der Waals surface area (Å²) in [5.41, 5.74) is 1.77. The second-order valence-corrected chi connectivity index (χ2v) is 8.04. The van der Waals surface area contributed by atoms with Gasteiger partial charge in [0, 0.05) is 31.4 Å². The summed E-state index contributed by atoms with van der Waals surface area (Å²) in [4.78, 5) is 22.2. The smallest absolute Gasteiger partial charge is 0.471 e. The van der Waals surface area contributed by atoms with Crippen molar-refractivity contribution in [2.45, 2.75) is 25.9 Å². The maximum absolute atomic E-state index is 12.4. The third-order valence-electron chi connectivity index (χ3n) is 5.77. The van der Waals surface area contributed by atoms with Gasteiger partial charge in [-0.05, 0) is 60.7 Å². The molecule has 1 N–H and O–H groups in total. The Balaban J connectivity index is 1.41. The average Bonchev–Trinajstić information content (AvgIpc) is 2.82. The number of anilines is 1. The number of hydrogen-bond donors (Lipinski definition) is 1. The molecule has 2 aromatic carbocycles. The van der Waals surface area contributed by atoms with E-state index in [1.54, 1.807) is 6.20 Å². The predicted octanol–water partition coefficient (Wildman–Crippen LogP) is 4.59. The zero-order valence-electron chi connectivity index (χ0n) is 18.2. The molecule has 0 atom stereocenters. The molecular weight excluding hydrogens is 433 g/mol. The first-order valence-electron chi connectivity index (χ1n) is 10.9. The minimum Gasteiger partial charge on any atom is -0.494 e. The quantitative estimate of drug-likeness (QED) is 0.585. The zero-order chi connectivity index (χ0) is 23.4. The minimum absolute atomic E-state index is 0.00204. The van der Waals surface area contributed by atoms with Gasteiger partial charge in [-0.15, -0.1) is 0 Å². The van der Waals surface area contributed by atoms with E-state index in [9.17, 15) is 18.0 Å². The SMILES string of the molecule is CCOc1ccc2cc(-c3ccnc(N4CCC(CNC(=O)C(F)(F)F)CC4)n3)ccc2c1. The molecule has 0 radical (unpaired) electrons. The summed E-state index contributed by atoms with van der Waals surface area (Å²) >= 11 is 0. The summed E-state index contributed by atoms with van der Waals surface area (Å²) in [6, 6.07) is 14.0. The summed E-state index contributed by atoms with van der Waals surface area (Å²) in [6.07, 6.45) is -1.81. The lowest BCUT2D eigenvalue weighted by Crippen LogP contribution is -2.43. The number of aromatic nitrogens is 2. The highest BCUT2D eigenvalue weighted by molar-refractivity contribution is 5.88. The number of carbonyl (C=O) groups is 1. The number of amides is 1. The van der Waals surface area contributed by atoms with Gasteiger partial charge in [-0.2, -0.15) is 13.2 Å². The van der Waals surface area contributed by atoms with E-state index in [1.165, 1.54) is 0 Å². The van der Waals surface area contributed by atoms with Crippen molar-refractivity contribution in [3.05, 3.63) is 48.7 Å². The number of hydrogen-bond acceptors (Lipinski definition) is 5. The van der Waals surface area contributed by atoms with Crippen molar-refractivity contribution in [1.29, 1.82) is 0 Å². The van der Waals surface area contributed by atoms with Crippen LogP contribution in [0.4, 0.5) is 19.1 Å². The number of piperidine rings is 1. The van der Waals surface area contributed by atoms with Crippen LogP contribution in [0.25, 0.3) is 22.0 Å². The Labute approximate surface area is 189 Å². The Bertz CT molecular complexity index is 1130. The highest BCUT2D eigenvalue weighted by Gasteiger charge is 2.38. The number of halogens is 3. The number of benzene rings is 2. The van der Waals surface area contributed by atoms with Gasteiger partial charge in [0.1, 0.15) is 5.75 Å². The van der Waals surface area contributed by atoms with E-state index in [1.807, 2.05) is 53.5 Å². The second kappa shape index (κ2) is 9.64. The van der Waals surface area contributed by atoms with Crippen molar-refractivity contribution in [3.63, 3.8) is 0 Å². The molecule has 1 fully saturated rings. The standard InChI is InChI=1S/C24H25F3N4O2/c1-2-33-20-6-5-17-13-19(4-3-18(17)14-20)21-7-10-28-23(30-21)31-11-8-16(9-12-31)15-29-22(32)24(25,26)27/h3-7,10,13-14,16H,2,8-9,11-12,15H2,1H3,(H,29,32). The lowest BCUT2D eigenvalue weighted by atomic mass is 9.97. The highest BCUT2D eigenvalue weighted by atomic mass is 19.4. The molecule has 1 aromatic heterocycles. The van der Waals surface area contributed by atoms with Crippen LogP contribution in [0.2, 0.25) is 0 Å². The van der Waals surface area contributed by atoms with E-state index >= 15 is 0 Å². The molecular formula is C24H25F3N4O2. The van der Waals surface area contributed by atoms with Crippen molar-refractivity contribution in [2.75, 3.05) is 31.1 Å². The Morgan fingerprint density at radius 1 is 1.12 bits per heavy atom. The van der Waals surface area contributed by atoms with Gasteiger partial charge < -0.3 is 15.0 Å². The van der Waals surface area contributed by atoms with Crippen LogP contribution in [0.3, 0.4) is 0 Å². The maximum Gasteiger partial charge on any atom is 0.471 e. The van der Waals surface area contributed by atoms with Crippen LogP contribution in [0, 0.1) is 5.92 Å². The Morgan fingerprint density at radius 2 is 1.85 bits per heavy atom. The van der Waals surface area contributed by atoms with Crippen molar-refractivity contribution in [3.8, 4) is 17.0 Å². The Hall–Kier alpha value is -3.36.